The summed E-state index contributed by atoms with van der Waals surface area (Å²) in [7, 11) is 0. The topological polar surface area (TPSA) is 41.5 Å². The summed E-state index contributed by atoms with van der Waals surface area (Å²) in [6.45, 7) is 0.154. The van der Waals surface area contributed by atoms with Gasteiger partial charge in [-0.05, 0) is 35.4 Å². The molecule has 0 aliphatic carbocycles. The van der Waals surface area contributed by atoms with Crippen LogP contribution in [-0.2, 0) is 6.18 Å². The van der Waals surface area contributed by atoms with Gasteiger partial charge in [-0.15, -0.1) is 0 Å². The molecule has 24 heavy (non-hydrogen) atoms. The van der Waals surface area contributed by atoms with Crippen LogP contribution in [0.1, 0.15) is 22.7 Å². The highest BCUT2D eigenvalue weighted by Gasteiger charge is 2.31. The minimum absolute atomic E-state index is 0.0625. The Balaban J connectivity index is 1.79. The van der Waals surface area contributed by atoms with Crippen LogP contribution >= 0.6 is 0 Å². The molecule has 3 nitrogen and oxygen atoms in total. The van der Waals surface area contributed by atoms with Crippen LogP contribution in [-0.4, -0.2) is 18.3 Å². The number of fused-ring (bicyclic) bond motifs is 1. The van der Waals surface area contributed by atoms with Crippen molar-refractivity contribution in [2.24, 2.45) is 0 Å². The molecule has 0 radical (unpaired) electrons. The second kappa shape index (κ2) is 6.57. The summed E-state index contributed by atoms with van der Waals surface area (Å²) < 4.78 is 43.8. The van der Waals surface area contributed by atoms with E-state index in [4.69, 9.17) is 9.84 Å². The van der Waals surface area contributed by atoms with E-state index in [2.05, 4.69) is 5.32 Å². The van der Waals surface area contributed by atoms with Gasteiger partial charge in [-0.2, -0.15) is 13.2 Å². The van der Waals surface area contributed by atoms with Crippen LogP contribution in [0.15, 0.2) is 48.5 Å². The monoisotopic (exact) mass is 335 g/mol. The largest absolute Gasteiger partial charge is 0.491 e. The first-order valence-electron chi connectivity index (χ1n) is 7.47. The number of ether oxygens (including phenoxy) is 1. The molecule has 0 fully saturated rings. The first kappa shape index (κ1) is 16.4. The van der Waals surface area contributed by atoms with Gasteiger partial charge in [-0.1, -0.05) is 30.4 Å². The maximum Gasteiger partial charge on any atom is 0.416 e. The van der Waals surface area contributed by atoms with Crippen LogP contribution in [0.4, 0.5) is 18.9 Å². The molecule has 1 aliphatic rings. The molecule has 0 spiro atoms. The molecule has 0 saturated heterocycles. The van der Waals surface area contributed by atoms with Crippen LogP contribution < -0.4 is 10.1 Å². The van der Waals surface area contributed by atoms with Crippen molar-refractivity contribution in [1.82, 2.24) is 0 Å². The van der Waals surface area contributed by atoms with Crippen molar-refractivity contribution in [1.29, 1.82) is 0 Å². The number of hydrogen-bond donors (Lipinski definition) is 2. The SMILES string of the molecule is OCCOc1ccc(C2C=Cc3ccc(C(F)(F)F)cc3N2)cc1. The van der Waals surface area contributed by atoms with Crippen LogP contribution in [0.5, 0.6) is 5.75 Å². The van der Waals surface area contributed by atoms with Crippen molar-refractivity contribution in [3.05, 3.63) is 65.2 Å². The lowest BCUT2D eigenvalue weighted by Gasteiger charge is -2.24. The predicted molar refractivity (Wildman–Crippen MR) is 85.9 cm³/mol. The molecule has 0 amide bonds. The number of nitrogens with one attached hydrogen (secondary N) is 1. The number of halogens is 3. The van der Waals surface area contributed by atoms with Gasteiger partial charge in [-0.3, -0.25) is 0 Å². The van der Waals surface area contributed by atoms with E-state index in [0.29, 0.717) is 11.4 Å². The molecule has 1 heterocycles. The molecular formula is C18H16F3NO2. The number of anilines is 1. The van der Waals surface area contributed by atoms with Crippen molar-refractivity contribution in [3.8, 4) is 5.75 Å². The van der Waals surface area contributed by atoms with Crippen molar-refractivity contribution >= 4 is 11.8 Å². The zero-order chi connectivity index (χ0) is 17.2. The van der Waals surface area contributed by atoms with Gasteiger partial charge in [0.15, 0.2) is 0 Å². The minimum atomic E-state index is -4.36. The molecule has 0 aromatic heterocycles. The van der Waals surface area contributed by atoms with E-state index < -0.39 is 11.7 Å². The number of rotatable bonds is 4. The molecule has 1 aliphatic heterocycles. The molecule has 2 N–H and O–H groups in total. The zero-order valence-corrected chi connectivity index (χ0v) is 12.7. The Morgan fingerprint density at radius 3 is 2.50 bits per heavy atom. The molecule has 3 rings (SSSR count). The molecule has 2 aromatic carbocycles. The van der Waals surface area contributed by atoms with E-state index in [1.807, 2.05) is 24.3 Å². The Labute approximate surface area is 137 Å². The number of benzene rings is 2. The van der Waals surface area contributed by atoms with Gasteiger partial charge in [-0.25, -0.2) is 0 Å². The molecule has 1 unspecified atom stereocenters. The van der Waals surface area contributed by atoms with E-state index in [-0.39, 0.29) is 19.3 Å². The fourth-order valence-electron chi connectivity index (χ4n) is 2.55. The minimum Gasteiger partial charge on any atom is -0.491 e. The van der Waals surface area contributed by atoms with E-state index >= 15 is 0 Å². The van der Waals surface area contributed by atoms with Crippen molar-refractivity contribution < 1.29 is 23.0 Å². The summed E-state index contributed by atoms with van der Waals surface area (Å²) in [6.07, 6.45) is -0.648. The van der Waals surface area contributed by atoms with Gasteiger partial charge < -0.3 is 15.2 Å². The van der Waals surface area contributed by atoms with Crippen molar-refractivity contribution in [3.63, 3.8) is 0 Å². The van der Waals surface area contributed by atoms with E-state index in [0.717, 1.165) is 23.3 Å². The Morgan fingerprint density at radius 2 is 1.83 bits per heavy atom. The standard InChI is InChI=1S/C18H16F3NO2/c19-18(20,21)14-5-1-13-4-8-16(22-17(13)11-14)12-2-6-15(7-3-12)24-10-9-23/h1-8,11,16,22-23H,9-10H2. The summed E-state index contributed by atoms with van der Waals surface area (Å²) in [6, 6.07) is 10.7. The predicted octanol–water partition coefficient (Wildman–Crippen LogP) is 4.26. The fraction of sp³-hybridized carbons (Fsp3) is 0.222. The van der Waals surface area contributed by atoms with Crippen LogP contribution in [0.2, 0.25) is 0 Å². The molecule has 0 bridgehead atoms. The van der Waals surface area contributed by atoms with Gasteiger partial charge in [0.1, 0.15) is 12.4 Å². The summed E-state index contributed by atoms with van der Waals surface area (Å²) in [5.41, 5.74) is 1.42. The van der Waals surface area contributed by atoms with Crippen LogP contribution in [0, 0.1) is 0 Å². The van der Waals surface area contributed by atoms with E-state index in [9.17, 15) is 13.2 Å². The Bertz CT molecular complexity index is 739. The molecule has 0 saturated carbocycles. The lowest BCUT2D eigenvalue weighted by atomic mass is 9.98. The highest BCUT2D eigenvalue weighted by Crippen LogP contribution is 2.36. The zero-order valence-electron chi connectivity index (χ0n) is 12.7. The Kier molecular flexibility index (Phi) is 4.49. The van der Waals surface area contributed by atoms with Crippen LogP contribution in [0.3, 0.4) is 0 Å². The highest BCUT2D eigenvalue weighted by atomic mass is 19.4. The maximum absolute atomic E-state index is 12.8. The second-order valence-corrected chi connectivity index (χ2v) is 5.42. The molecular weight excluding hydrogens is 319 g/mol. The second-order valence-electron chi connectivity index (χ2n) is 5.42. The lowest BCUT2D eigenvalue weighted by Crippen LogP contribution is -2.14. The fourth-order valence-corrected chi connectivity index (χ4v) is 2.55. The van der Waals surface area contributed by atoms with Gasteiger partial charge in [0.2, 0.25) is 0 Å². The summed E-state index contributed by atoms with van der Waals surface area (Å²) in [5, 5.41) is 11.9. The van der Waals surface area contributed by atoms with Gasteiger partial charge >= 0.3 is 6.18 Å². The molecule has 6 heteroatoms. The van der Waals surface area contributed by atoms with Crippen molar-refractivity contribution in [2.75, 3.05) is 18.5 Å². The lowest BCUT2D eigenvalue weighted by molar-refractivity contribution is -0.137. The number of aliphatic hydroxyl groups is 1. The maximum atomic E-state index is 12.8. The van der Waals surface area contributed by atoms with Gasteiger partial charge in [0, 0.05) is 5.69 Å². The normalized spacial score (nSPS) is 16.4. The van der Waals surface area contributed by atoms with Gasteiger partial charge in [0.05, 0.1) is 18.2 Å². The number of aliphatic hydroxyl groups excluding tert-OH is 1. The average Bonchev–Trinajstić information content (AvgIpc) is 2.58. The first-order valence-corrected chi connectivity index (χ1v) is 7.47. The summed E-state index contributed by atoms with van der Waals surface area (Å²) >= 11 is 0. The summed E-state index contributed by atoms with van der Waals surface area (Å²) in [4.78, 5) is 0. The van der Waals surface area contributed by atoms with Gasteiger partial charge in [0.25, 0.3) is 0 Å². The molecule has 126 valence electrons. The van der Waals surface area contributed by atoms with Crippen LogP contribution in [0.25, 0.3) is 6.08 Å². The first-order chi connectivity index (χ1) is 11.5. The van der Waals surface area contributed by atoms with E-state index in [1.54, 1.807) is 12.1 Å². The third-order valence-electron chi connectivity index (χ3n) is 3.76. The quantitative estimate of drug-likeness (QED) is 0.877. The Morgan fingerprint density at radius 1 is 1.08 bits per heavy atom. The third kappa shape index (κ3) is 3.54. The number of alkyl halides is 3. The summed E-state index contributed by atoms with van der Waals surface area (Å²) in [5.74, 6) is 0.632. The smallest absolute Gasteiger partial charge is 0.416 e. The van der Waals surface area contributed by atoms with E-state index in [1.165, 1.54) is 6.07 Å². The third-order valence-corrected chi connectivity index (χ3v) is 3.76. The van der Waals surface area contributed by atoms with Crippen molar-refractivity contribution in [2.45, 2.75) is 12.2 Å². The highest BCUT2D eigenvalue weighted by molar-refractivity contribution is 5.72. The number of hydrogen-bond acceptors (Lipinski definition) is 3. The Hall–Kier alpha value is -2.47. The molecule has 2 aromatic rings. The average molecular weight is 335 g/mol. The molecule has 1 atom stereocenters.